The molecular weight excluding hydrogens is 373 g/mol. The van der Waals surface area contributed by atoms with Crippen LogP contribution < -0.4 is 5.32 Å². The molecule has 0 atom stereocenters. The van der Waals surface area contributed by atoms with Crippen LogP contribution in [-0.4, -0.2) is 47.5 Å². The van der Waals surface area contributed by atoms with Gasteiger partial charge >= 0.3 is 5.97 Å². The Morgan fingerprint density at radius 3 is 2.55 bits per heavy atom. The van der Waals surface area contributed by atoms with Crippen molar-refractivity contribution in [3.8, 4) is 0 Å². The summed E-state index contributed by atoms with van der Waals surface area (Å²) >= 11 is 0. The SMILES string of the molecule is CCOC(=O)C=Cc1ccc(NC2CCN(C(=O)c3ccc(F)cc3)CC2)nc1. The number of nitrogens with zero attached hydrogens (tertiary/aromatic N) is 2. The molecule has 0 saturated carbocycles. The number of rotatable bonds is 6. The highest BCUT2D eigenvalue weighted by Gasteiger charge is 2.23. The van der Waals surface area contributed by atoms with Gasteiger partial charge in [0.05, 0.1) is 6.61 Å². The van der Waals surface area contributed by atoms with Crippen molar-refractivity contribution in [1.82, 2.24) is 9.88 Å². The highest BCUT2D eigenvalue weighted by molar-refractivity contribution is 5.94. The van der Waals surface area contributed by atoms with Crippen molar-refractivity contribution in [2.75, 3.05) is 25.0 Å². The quantitative estimate of drug-likeness (QED) is 0.597. The molecule has 7 heteroatoms. The Hall–Kier alpha value is -3.22. The summed E-state index contributed by atoms with van der Waals surface area (Å²) < 4.78 is 17.9. The van der Waals surface area contributed by atoms with E-state index in [9.17, 15) is 14.0 Å². The molecule has 0 unspecified atom stereocenters. The van der Waals surface area contributed by atoms with Crippen molar-refractivity contribution in [2.45, 2.75) is 25.8 Å². The molecule has 1 aromatic carbocycles. The largest absolute Gasteiger partial charge is 0.463 e. The zero-order valence-electron chi connectivity index (χ0n) is 16.3. The summed E-state index contributed by atoms with van der Waals surface area (Å²) in [6.45, 7) is 3.37. The fourth-order valence-corrected chi connectivity index (χ4v) is 3.16. The second-order valence-electron chi connectivity index (χ2n) is 6.78. The monoisotopic (exact) mass is 397 g/mol. The van der Waals surface area contributed by atoms with E-state index in [-0.39, 0.29) is 23.7 Å². The fraction of sp³-hybridized carbons (Fsp3) is 0.318. The number of hydrogen-bond donors (Lipinski definition) is 1. The number of benzene rings is 1. The van der Waals surface area contributed by atoms with Crippen LogP contribution in [-0.2, 0) is 9.53 Å². The lowest BCUT2D eigenvalue weighted by Crippen LogP contribution is -2.42. The van der Waals surface area contributed by atoms with Gasteiger partial charge < -0.3 is 15.0 Å². The number of esters is 1. The van der Waals surface area contributed by atoms with Crippen molar-refractivity contribution < 1.29 is 18.7 Å². The molecule has 6 nitrogen and oxygen atoms in total. The van der Waals surface area contributed by atoms with Gasteiger partial charge in [-0.2, -0.15) is 0 Å². The van der Waals surface area contributed by atoms with E-state index in [2.05, 4.69) is 10.3 Å². The van der Waals surface area contributed by atoms with Gasteiger partial charge in [-0.3, -0.25) is 4.79 Å². The topological polar surface area (TPSA) is 71.5 Å². The van der Waals surface area contributed by atoms with Gasteiger partial charge in [0.1, 0.15) is 11.6 Å². The molecule has 152 valence electrons. The Labute approximate surface area is 169 Å². The smallest absolute Gasteiger partial charge is 0.330 e. The number of halogens is 1. The number of nitrogens with one attached hydrogen (secondary N) is 1. The summed E-state index contributed by atoms with van der Waals surface area (Å²) in [5, 5.41) is 3.39. The Balaban J connectivity index is 1.48. The summed E-state index contributed by atoms with van der Waals surface area (Å²) in [5.41, 5.74) is 1.31. The summed E-state index contributed by atoms with van der Waals surface area (Å²) in [6, 6.07) is 9.60. The van der Waals surface area contributed by atoms with Crippen LogP contribution in [0.15, 0.2) is 48.7 Å². The van der Waals surface area contributed by atoms with E-state index in [0.717, 1.165) is 24.2 Å². The highest BCUT2D eigenvalue weighted by atomic mass is 19.1. The minimum atomic E-state index is -0.378. The van der Waals surface area contributed by atoms with Crippen LogP contribution in [0.25, 0.3) is 6.08 Å². The second kappa shape index (κ2) is 9.82. The normalized spacial score (nSPS) is 14.8. The van der Waals surface area contributed by atoms with Crippen molar-refractivity contribution in [3.05, 3.63) is 65.6 Å². The minimum absolute atomic E-state index is 0.0701. The molecule has 1 saturated heterocycles. The van der Waals surface area contributed by atoms with E-state index in [0.29, 0.717) is 25.3 Å². The lowest BCUT2D eigenvalue weighted by atomic mass is 10.0. The zero-order valence-corrected chi connectivity index (χ0v) is 16.3. The second-order valence-corrected chi connectivity index (χ2v) is 6.78. The summed E-state index contributed by atoms with van der Waals surface area (Å²) in [7, 11) is 0. The summed E-state index contributed by atoms with van der Waals surface area (Å²) in [5.74, 6) is -0.0445. The Kier molecular flexibility index (Phi) is 6.94. The number of ether oxygens (including phenoxy) is 1. The number of amides is 1. The van der Waals surface area contributed by atoms with Crippen molar-refractivity contribution in [2.24, 2.45) is 0 Å². The van der Waals surface area contributed by atoms with Gasteiger partial charge in [0, 0.05) is 37.0 Å². The van der Waals surface area contributed by atoms with E-state index in [1.807, 2.05) is 12.1 Å². The van der Waals surface area contributed by atoms with Crippen LogP contribution in [0.5, 0.6) is 0 Å². The van der Waals surface area contributed by atoms with Gasteiger partial charge in [0.15, 0.2) is 0 Å². The molecule has 0 aliphatic carbocycles. The fourth-order valence-electron chi connectivity index (χ4n) is 3.16. The molecule has 0 spiro atoms. The predicted octanol–water partition coefficient (Wildman–Crippen LogP) is 3.51. The molecule has 1 aliphatic heterocycles. The van der Waals surface area contributed by atoms with E-state index in [4.69, 9.17) is 4.74 Å². The molecule has 1 fully saturated rings. The van der Waals surface area contributed by atoms with Crippen LogP contribution in [0.1, 0.15) is 35.7 Å². The first-order chi connectivity index (χ1) is 14.0. The molecule has 3 rings (SSSR count). The number of likely N-dealkylation sites (tertiary alicyclic amines) is 1. The predicted molar refractivity (Wildman–Crippen MR) is 109 cm³/mol. The zero-order chi connectivity index (χ0) is 20.6. The molecule has 1 amide bonds. The first kappa shape index (κ1) is 20.5. The maximum atomic E-state index is 13.0. The Morgan fingerprint density at radius 2 is 1.93 bits per heavy atom. The molecule has 1 aliphatic rings. The van der Waals surface area contributed by atoms with Crippen molar-refractivity contribution in [1.29, 1.82) is 0 Å². The van der Waals surface area contributed by atoms with E-state index in [1.54, 1.807) is 24.1 Å². The molecule has 0 radical (unpaired) electrons. The molecule has 2 heterocycles. The van der Waals surface area contributed by atoms with Crippen LogP contribution in [0.2, 0.25) is 0 Å². The maximum absolute atomic E-state index is 13.0. The average molecular weight is 397 g/mol. The van der Waals surface area contributed by atoms with E-state index < -0.39 is 0 Å². The standard InChI is InChI=1S/C22H24FN3O3/c1-2-29-21(27)10-4-16-3-9-20(24-15-16)25-19-11-13-26(14-12-19)22(28)17-5-7-18(23)8-6-17/h3-10,15,19H,2,11-14H2,1H3,(H,24,25). The lowest BCUT2D eigenvalue weighted by Gasteiger charge is -2.32. The third-order valence-corrected chi connectivity index (χ3v) is 4.71. The molecule has 29 heavy (non-hydrogen) atoms. The molecular formula is C22H24FN3O3. The van der Waals surface area contributed by atoms with Crippen LogP contribution in [0, 0.1) is 5.82 Å². The first-order valence-electron chi connectivity index (χ1n) is 9.67. The highest BCUT2D eigenvalue weighted by Crippen LogP contribution is 2.18. The molecule has 1 N–H and O–H groups in total. The van der Waals surface area contributed by atoms with Gasteiger partial charge in [-0.1, -0.05) is 0 Å². The van der Waals surface area contributed by atoms with Gasteiger partial charge in [0.25, 0.3) is 5.91 Å². The first-order valence-corrected chi connectivity index (χ1v) is 9.67. The number of aromatic nitrogens is 1. The van der Waals surface area contributed by atoms with Gasteiger partial charge in [-0.25, -0.2) is 14.2 Å². The number of pyridine rings is 1. The number of carbonyl (C=O) groups is 2. The summed E-state index contributed by atoms with van der Waals surface area (Å²) in [6.07, 6.45) is 6.33. The Morgan fingerprint density at radius 1 is 1.21 bits per heavy atom. The van der Waals surface area contributed by atoms with Crippen LogP contribution >= 0.6 is 0 Å². The van der Waals surface area contributed by atoms with Crippen molar-refractivity contribution >= 4 is 23.8 Å². The third kappa shape index (κ3) is 5.88. The third-order valence-electron chi connectivity index (χ3n) is 4.71. The van der Waals surface area contributed by atoms with Crippen LogP contribution in [0.4, 0.5) is 10.2 Å². The number of hydrogen-bond acceptors (Lipinski definition) is 5. The van der Waals surface area contributed by atoms with Crippen molar-refractivity contribution in [3.63, 3.8) is 0 Å². The van der Waals surface area contributed by atoms with Gasteiger partial charge in [-0.15, -0.1) is 0 Å². The number of piperidine rings is 1. The van der Waals surface area contributed by atoms with E-state index >= 15 is 0 Å². The minimum Gasteiger partial charge on any atom is -0.463 e. The van der Waals surface area contributed by atoms with Crippen LogP contribution in [0.3, 0.4) is 0 Å². The molecule has 1 aromatic heterocycles. The summed E-state index contributed by atoms with van der Waals surface area (Å²) in [4.78, 5) is 30.0. The Bertz CT molecular complexity index is 858. The van der Waals surface area contributed by atoms with Gasteiger partial charge in [-0.05, 0) is 67.8 Å². The molecule has 0 bridgehead atoms. The maximum Gasteiger partial charge on any atom is 0.330 e. The van der Waals surface area contributed by atoms with E-state index in [1.165, 1.54) is 30.3 Å². The lowest BCUT2D eigenvalue weighted by molar-refractivity contribution is -0.137. The average Bonchev–Trinajstić information content (AvgIpc) is 2.74. The number of carbonyl (C=O) groups excluding carboxylic acids is 2. The number of anilines is 1. The van der Waals surface area contributed by atoms with Gasteiger partial charge in [0.2, 0.25) is 0 Å². The molecule has 2 aromatic rings.